The topological polar surface area (TPSA) is 23.8 Å². The second-order valence-corrected chi connectivity index (χ2v) is 1.77. The zero-order valence-corrected chi connectivity index (χ0v) is 5.31. The van der Waals surface area contributed by atoms with Crippen molar-refractivity contribution in [1.29, 1.82) is 5.26 Å². The van der Waals surface area contributed by atoms with E-state index in [2.05, 4.69) is 0 Å². The molecule has 0 atom stereocenters. The second kappa shape index (κ2) is 7.16. The van der Waals surface area contributed by atoms with Crippen LogP contribution in [0.2, 0.25) is 0 Å². The molecular weight excluding hydrogens is 117 g/mol. The van der Waals surface area contributed by atoms with Gasteiger partial charge < -0.3 is 0 Å². The lowest BCUT2D eigenvalue weighted by atomic mass is 10.2. The number of hydrogen-bond acceptors (Lipinski definition) is 1. The van der Waals surface area contributed by atoms with E-state index in [1.165, 1.54) is 6.08 Å². The van der Waals surface area contributed by atoms with Crippen LogP contribution < -0.4 is 0 Å². The van der Waals surface area contributed by atoms with E-state index in [1.54, 1.807) is 0 Å². The van der Waals surface area contributed by atoms with Crippen LogP contribution in [0.25, 0.3) is 0 Å². The molecule has 2 heteroatoms. The maximum absolute atomic E-state index is 11.3. The van der Waals surface area contributed by atoms with Gasteiger partial charge in [-0.05, 0) is 19.3 Å². The molecule has 0 aromatic carbocycles. The summed E-state index contributed by atoms with van der Waals surface area (Å²) in [5.74, 6) is 0. The lowest BCUT2D eigenvalue weighted by molar-refractivity contribution is 0.700. The molecule has 0 aliphatic heterocycles. The average molecular weight is 127 g/mol. The van der Waals surface area contributed by atoms with Gasteiger partial charge in [-0.15, -0.1) is 0 Å². The number of hydrogen-bond donors (Lipinski definition) is 0. The van der Waals surface area contributed by atoms with Crippen molar-refractivity contribution in [1.82, 2.24) is 0 Å². The third-order valence-electron chi connectivity index (χ3n) is 0.998. The predicted molar refractivity (Wildman–Crippen MR) is 34.3 cm³/mol. The van der Waals surface area contributed by atoms with Gasteiger partial charge in [0.05, 0.1) is 12.4 Å². The smallest absolute Gasteiger partial charge is 0.0827 e. The fourth-order valence-electron chi connectivity index (χ4n) is 0.529. The van der Waals surface area contributed by atoms with Crippen molar-refractivity contribution in [3.8, 4) is 6.07 Å². The van der Waals surface area contributed by atoms with Crippen molar-refractivity contribution < 1.29 is 4.39 Å². The van der Waals surface area contributed by atoms with E-state index in [4.69, 9.17) is 5.26 Å². The van der Waals surface area contributed by atoms with E-state index in [0.29, 0.717) is 12.8 Å². The first-order valence-electron chi connectivity index (χ1n) is 3.04. The van der Waals surface area contributed by atoms with E-state index in [0.717, 1.165) is 19.3 Å². The Morgan fingerprint density at radius 2 is 2.22 bits per heavy atom. The summed E-state index contributed by atoms with van der Waals surface area (Å²) in [6.07, 6.45) is 5.14. The van der Waals surface area contributed by atoms with Crippen LogP contribution in [0.15, 0.2) is 12.4 Å². The normalized spacial score (nSPS) is 9.78. The highest BCUT2D eigenvalue weighted by atomic mass is 19.1. The Labute approximate surface area is 54.8 Å². The molecule has 9 heavy (non-hydrogen) atoms. The number of nitriles is 1. The van der Waals surface area contributed by atoms with Crippen LogP contribution in [-0.2, 0) is 0 Å². The van der Waals surface area contributed by atoms with Crippen LogP contribution in [0.4, 0.5) is 4.39 Å². The van der Waals surface area contributed by atoms with E-state index >= 15 is 0 Å². The maximum Gasteiger partial charge on any atom is 0.0827 e. The molecule has 0 saturated carbocycles. The van der Waals surface area contributed by atoms with E-state index in [1.807, 2.05) is 6.07 Å². The molecule has 0 saturated heterocycles. The third kappa shape index (κ3) is 7.16. The van der Waals surface area contributed by atoms with E-state index in [-0.39, 0.29) is 0 Å². The quantitative estimate of drug-likeness (QED) is 0.532. The molecule has 0 aliphatic carbocycles. The molecule has 0 bridgehead atoms. The van der Waals surface area contributed by atoms with Crippen LogP contribution in [0.3, 0.4) is 0 Å². The summed E-state index contributed by atoms with van der Waals surface area (Å²) in [4.78, 5) is 0. The summed E-state index contributed by atoms with van der Waals surface area (Å²) in [7, 11) is 0. The average Bonchev–Trinajstić information content (AvgIpc) is 1.89. The first-order valence-corrected chi connectivity index (χ1v) is 3.04. The second-order valence-electron chi connectivity index (χ2n) is 1.77. The molecule has 0 radical (unpaired) electrons. The highest BCUT2D eigenvalue weighted by Crippen LogP contribution is 1.98. The summed E-state index contributed by atoms with van der Waals surface area (Å²) in [6, 6.07) is 2.03. The van der Waals surface area contributed by atoms with Crippen molar-refractivity contribution in [2.75, 3.05) is 0 Å². The van der Waals surface area contributed by atoms with Gasteiger partial charge in [0.1, 0.15) is 0 Å². The van der Waals surface area contributed by atoms with Crippen molar-refractivity contribution >= 4 is 0 Å². The number of rotatable bonds is 4. The first kappa shape index (κ1) is 8.16. The Hall–Kier alpha value is -0.840. The summed E-state index contributed by atoms with van der Waals surface area (Å²) in [6.45, 7) is 0. The fraction of sp³-hybridized carbons (Fsp3) is 0.571. The molecule has 0 spiro atoms. The summed E-state index contributed by atoms with van der Waals surface area (Å²) >= 11 is 0. The zero-order chi connectivity index (χ0) is 6.95. The monoisotopic (exact) mass is 127 g/mol. The van der Waals surface area contributed by atoms with Crippen molar-refractivity contribution in [2.45, 2.75) is 25.7 Å². The molecule has 1 nitrogen and oxygen atoms in total. The lowest BCUT2D eigenvalue weighted by Gasteiger charge is -1.86. The molecule has 0 unspecified atom stereocenters. The van der Waals surface area contributed by atoms with Crippen LogP contribution in [0.1, 0.15) is 25.7 Å². The number of allylic oxidation sites excluding steroid dienone is 1. The van der Waals surface area contributed by atoms with Crippen molar-refractivity contribution in [3.63, 3.8) is 0 Å². The summed E-state index contributed by atoms with van der Waals surface area (Å²) < 4.78 is 11.3. The van der Waals surface area contributed by atoms with Gasteiger partial charge in [0.15, 0.2) is 0 Å². The van der Waals surface area contributed by atoms with Crippen molar-refractivity contribution in [2.24, 2.45) is 0 Å². The number of nitrogens with zero attached hydrogens (tertiary/aromatic N) is 1. The van der Waals surface area contributed by atoms with Gasteiger partial charge in [0, 0.05) is 6.42 Å². The SMILES string of the molecule is N#CCCCC/C=C/F. The summed E-state index contributed by atoms with van der Waals surface area (Å²) in [5.41, 5.74) is 0. The Balaban J connectivity index is 2.85. The molecule has 0 heterocycles. The van der Waals surface area contributed by atoms with Gasteiger partial charge in [-0.2, -0.15) is 5.26 Å². The van der Waals surface area contributed by atoms with Gasteiger partial charge in [0.2, 0.25) is 0 Å². The van der Waals surface area contributed by atoms with Crippen LogP contribution >= 0.6 is 0 Å². The highest BCUT2D eigenvalue weighted by Gasteiger charge is 1.82. The van der Waals surface area contributed by atoms with E-state index < -0.39 is 0 Å². The van der Waals surface area contributed by atoms with Crippen LogP contribution in [0.5, 0.6) is 0 Å². The molecular formula is C7H10FN. The lowest BCUT2D eigenvalue weighted by Crippen LogP contribution is -1.70. The largest absolute Gasteiger partial charge is 0.216 e. The minimum atomic E-state index is 0.548. The Kier molecular flexibility index (Phi) is 6.49. The molecule has 0 rings (SSSR count). The molecule has 0 aromatic heterocycles. The number of unbranched alkanes of at least 4 members (excludes halogenated alkanes) is 3. The van der Waals surface area contributed by atoms with Gasteiger partial charge in [-0.25, -0.2) is 4.39 Å². The van der Waals surface area contributed by atoms with Gasteiger partial charge in [-0.1, -0.05) is 6.08 Å². The van der Waals surface area contributed by atoms with Crippen molar-refractivity contribution in [3.05, 3.63) is 12.4 Å². The highest BCUT2D eigenvalue weighted by molar-refractivity contribution is 4.74. The fourth-order valence-corrected chi connectivity index (χ4v) is 0.529. The Morgan fingerprint density at radius 1 is 1.44 bits per heavy atom. The Bertz CT molecular complexity index is 113. The minimum absolute atomic E-state index is 0.548. The Morgan fingerprint density at radius 3 is 2.78 bits per heavy atom. The standard InChI is InChI=1S/C7H10FN/c8-6-4-2-1-3-5-7-9/h4,6H,1-3,5H2/b6-4+. The molecule has 0 N–H and O–H groups in total. The molecule has 0 aliphatic rings. The van der Waals surface area contributed by atoms with E-state index in [9.17, 15) is 4.39 Å². The van der Waals surface area contributed by atoms with Gasteiger partial charge in [-0.3, -0.25) is 0 Å². The molecule has 0 fully saturated rings. The first-order chi connectivity index (χ1) is 4.41. The molecule has 50 valence electrons. The van der Waals surface area contributed by atoms with Gasteiger partial charge in [0.25, 0.3) is 0 Å². The maximum atomic E-state index is 11.3. The van der Waals surface area contributed by atoms with Gasteiger partial charge >= 0.3 is 0 Å². The zero-order valence-electron chi connectivity index (χ0n) is 5.31. The predicted octanol–water partition coefficient (Wildman–Crippen LogP) is 2.55. The molecule has 0 aromatic rings. The minimum Gasteiger partial charge on any atom is -0.216 e. The number of halogens is 1. The molecule has 0 amide bonds. The summed E-state index contributed by atoms with van der Waals surface area (Å²) in [5, 5.41) is 8.08. The van der Waals surface area contributed by atoms with Crippen LogP contribution in [0, 0.1) is 11.3 Å². The van der Waals surface area contributed by atoms with Crippen LogP contribution in [-0.4, -0.2) is 0 Å². The third-order valence-corrected chi connectivity index (χ3v) is 0.998.